The molecule has 3 rings (SSSR count). The molecule has 0 aliphatic carbocycles. The van der Waals surface area contributed by atoms with Gasteiger partial charge in [0, 0.05) is 23.6 Å². The van der Waals surface area contributed by atoms with E-state index in [1.165, 1.54) is 0 Å². The molecule has 0 radical (unpaired) electrons. The fourth-order valence-corrected chi connectivity index (χ4v) is 2.82. The maximum atomic E-state index is 10.1. The van der Waals surface area contributed by atoms with Gasteiger partial charge >= 0.3 is 0 Å². The van der Waals surface area contributed by atoms with E-state index in [9.17, 15) is 10.2 Å². The van der Waals surface area contributed by atoms with E-state index >= 15 is 0 Å². The summed E-state index contributed by atoms with van der Waals surface area (Å²) in [6.07, 6.45) is 5.08. The van der Waals surface area contributed by atoms with Crippen molar-refractivity contribution in [2.45, 2.75) is 26.7 Å². The number of rotatable bonds is 6. The molecule has 0 aromatic heterocycles. The van der Waals surface area contributed by atoms with Gasteiger partial charge in [-0.15, -0.1) is 0 Å². The quantitative estimate of drug-likeness (QED) is 0.543. The van der Waals surface area contributed by atoms with Gasteiger partial charge in [-0.3, -0.25) is 9.98 Å². The predicted molar refractivity (Wildman–Crippen MR) is 116 cm³/mol. The average Bonchev–Trinajstić information content (AvgIpc) is 2.73. The summed E-state index contributed by atoms with van der Waals surface area (Å²) in [5, 5.41) is 20.1. The second-order valence-electron chi connectivity index (χ2n) is 6.50. The molecule has 4 heteroatoms. The third kappa shape index (κ3) is 4.65. The van der Waals surface area contributed by atoms with Crippen LogP contribution in [0, 0.1) is 0 Å². The Balaban J connectivity index is 1.90. The van der Waals surface area contributed by atoms with E-state index in [2.05, 4.69) is 23.8 Å². The Morgan fingerprint density at radius 1 is 0.679 bits per heavy atom. The zero-order chi connectivity index (χ0) is 19.9. The molecule has 0 unspecified atom stereocenters. The first-order valence-electron chi connectivity index (χ1n) is 9.41. The SMILES string of the molecule is CCc1ccc(O)c(C=Nc2ccccc2N=Cc2cc(CC)ccc2O)c1. The molecule has 0 saturated heterocycles. The third-order valence-corrected chi connectivity index (χ3v) is 4.57. The van der Waals surface area contributed by atoms with Crippen molar-refractivity contribution in [3.63, 3.8) is 0 Å². The fourth-order valence-electron chi connectivity index (χ4n) is 2.82. The van der Waals surface area contributed by atoms with E-state index in [4.69, 9.17) is 0 Å². The van der Waals surface area contributed by atoms with Gasteiger partial charge in [0.2, 0.25) is 0 Å². The van der Waals surface area contributed by atoms with Crippen molar-refractivity contribution in [2.75, 3.05) is 0 Å². The summed E-state index contributed by atoms with van der Waals surface area (Å²) < 4.78 is 0. The van der Waals surface area contributed by atoms with Crippen molar-refractivity contribution in [3.8, 4) is 11.5 Å². The van der Waals surface area contributed by atoms with Crippen LogP contribution in [0.2, 0.25) is 0 Å². The summed E-state index contributed by atoms with van der Waals surface area (Å²) in [6.45, 7) is 4.14. The summed E-state index contributed by atoms with van der Waals surface area (Å²) in [6, 6.07) is 18.6. The second-order valence-corrected chi connectivity index (χ2v) is 6.50. The van der Waals surface area contributed by atoms with Gasteiger partial charge in [0.15, 0.2) is 0 Å². The standard InChI is InChI=1S/C24H24N2O2/c1-3-17-9-11-23(27)19(13-17)15-25-21-7-5-6-8-22(21)26-16-20-14-18(4-2)10-12-24(20)28/h5-16,27-28H,3-4H2,1-2H3. The minimum Gasteiger partial charge on any atom is -0.507 e. The van der Waals surface area contributed by atoms with Crippen molar-refractivity contribution >= 4 is 23.8 Å². The van der Waals surface area contributed by atoms with Gasteiger partial charge < -0.3 is 10.2 Å². The number of hydrogen-bond donors (Lipinski definition) is 2. The Morgan fingerprint density at radius 3 is 1.50 bits per heavy atom. The van der Waals surface area contributed by atoms with Crippen molar-refractivity contribution in [1.29, 1.82) is 0 Å². The number of phenols is 2. The van der Waals surface area contributed by atoms with Crippen LogP contribution in [0.1, 0.15) is 36.1 Å². The number of aliphatic imine (C=N–C) groups is 2. The molecule has 0 saturated carbocycles. The minimum absolute atomic E-state index is 0.197. The van der Waals surface area contributed by atoms with Crippen LogP contribution in [0.3, 0.4) is 0 Å². The highest BCUT2D eigenvalue weighted by Crippen LogP contribution is 2.28. The zero-order valence-electron chi connectivity index (χ0n) is 16.1. The first kappa shape index (κ1) is 19.4. The van der Waals surface area contributed by atoms with Crippen LogP contribution in [-0.4, -0.2) is 22.6 Å². The van der Waals surface area contributed by atoms with Crippen molar-refractivity contribution in [2.24, 2.45) is 9.98 Å². The molecule has 3 aromatic carbocycles. The van der Waals surface area contributed by atoms with Crippen LogP contribution in [0.4, 0.5) is 11.4 Å². The Hall–Kier alpha value is -3.40. The highest BCUT2D eigenvalue weighted by Gasteiger charge is 2.03. The Morgan fingerprint density at radius 2 is 1.11 bits per heavy atom. The normalized spacial score (nSPS) is 11.5. The monoisotopic (exact) mass is 372 g/mol. The number of aromatic hydroxyl groups is 2. The lowest BCUT2D eigenvalue weighted by Gasteiger charge is -2.04. The maximum Gasteiger partial charge on any atom is 0.124 e. The van der Waals surface area contributed by atoms with E-state index in [0.717, 1.165) is 24.0 Å². The van der Waals surface area contributed by atoms with E-state index in [1.807, 2.05) is 48.5 Å². The maximum absolute atomic E-state index is 10.1. The molecule has 4 nitrogen and oxygen atoms in total. The summed E-state index contributed by atoms with van der Waals surface area (Å²) in [5.74, 6) is 0.395. The van der Waals surface area contributed by atoms with Crippen LogP contribution < -0.4 is 0 Å². The van der Waals surface area contributed by atoms with Gasteiger partial charge in [0.25, 0.3) is 0 Å². The number of para-hydroxylation sites is 2. The molecular weight excluding hydrogens is 348 g/mol. The molecule has 0 heterocycles. The molecule has 0 aliphatic rings. The van der Waals surface area contributed by atoms with Gasteiger partial charge in [-0.2, -0.15) is 0 Å². The van der Waals surface area contributed by atoms with E-state index in [-0.39, 0.29) is 11.5 Å². The fraction of sp³-hybridized carbons (Fsp3) is 0.167. The highest BCUT2D eigenvalue weighted by atomic mass is 16.3. The highest BCUT2D eigenvalue weighted by molar-refractivity contribution is 5.89. The Bertz CT molecular complexity index is 940. The molecular formula is C24H24N2O2. The van der Waals surface area contributed by atoms with Gasteiger partial charge in [0.1, 0.15) is 11.5 Å². The zero-order valence-corrected chi connectivity index (χ0v) is 16.1. The Labute approximate surface area is 165 Å². The number of benzene rings is 3. The second kappa shape index (κ2) is 9.00. The number of nitrogens with zero attached hydrogens (tertiary/aromatic N) is 2. The smallest absolute Gasteiger partial charge is 0.124 e. The van der Waals surface area contributed by atoms with Gasteiger partial charge in [-0.05, 0) is 60.4 Å². The lowest BCUT2D eigenvalue weighted by molar-refractivity contribution is 0.473. The average molecular weight is 372 g/mol. The van der Waals surface area contributed by atoms with Crippen LogP contribution in [-0.2, 0) is 12.8 Å². The lowest BCUT2D eigenvalue weighted by Crippen LogP contribution is -1.87. The number of aryl methyl sites for hydroxylation is 2. The van der Waals surface area contributed by atoms with Crippen LogP contribution in [0.25, 0.3) is 0 Å². The van der Waals surface area contributed by atoms with Gasteiger partial charge in [-0.1, -0.05) is 38.1 Å². The van der Waals surface area contributed by atoms with E-state index in [1.54, 1.807) is 24.6 Å². The van der Waals surface area contributed by atoms with Crippen molar-refractivity contribution in [1.82, 2.24) is 0 Å². The summed E-state index contributed by atoms with van der Waals surface area (Å²) in [7, 11) is 0. The molecule has 0 amide bonds. The van der Waals surface area contributed by atoms with E-state index < -0.39 is 0 Å². The molecule has 142 valence electrons. The largest absolute Gasteiger partial charge is 0.507 e. The molecule has 28 heavy (non-hydrogen) atoms. The minimum atomic E-state index is 0.197. The summed E-state index contributed by atoms with van der Waals surface area (Å²) in [5.41, 5.74) is 4.99. The van der Waals surface area contributed by atoms with Crippen molar-refractivity contribution < 1.29 is 10.2 Å². The van der Waals surface area contributed by atoms with Crippen LogP contribution >= 0.6 is 0 Å². The molecule has 0 aliphatic heterocycles. The van der Waals surface area contributed by atoms with Gasteiger partial charge in [-0.25, -0.2) is 0 Å². The molecule has 3 aromatic rings. The molecule has 0 atom stereocenters. The third-order valence-electron chi connectivity index (χ3n) is 4.57. The molecule has 0 bridgehead atoms. The first-order chi connectivity index (χ1) is 13.6. The number of hydrogen-bond acceptors (Lipinski definition) is 4. The summed E-state index contributed by atoms with van der Waals surface area (Å²) >= 11 is 0. The predicted octanol–water partition coefficient (Wildman–Crippen LogP) is 5.72. The summed E-state index contributed by atoms with van der Waals surface area (Å²) in [4.78, 5) is 9.04. The molecule has 0 spiro atoms. The lowest BCUT2D eigenvalue weighted by atomic mass is 10.1. The first-order valence-corrected chi connectivity index (χ1v) is 9.41. The molecule has 2 N–H and O–H groups in total. The van der Waals surface area contributed by atoms with Crippen LogP contribution in [0.15, 0.2) is 70.6 Å². The van der Waals surface area contributed by atoms with E-state index in [0.29, 0.717) is 22.5 Å². The number of phenolic OH excluding ortho intramolecular Hbond substituents is 2. The van der Waals surface area contributed by atoms with Gasteiger partial charge in [0.05, 0.1) is 11.4 Å². The topological polar surface area (TPSA) is 65.2 Å². The van der Waals surface area contributed by atoms with Crippen LogP contribution in [0.5, 0.6) is 11.5 Å². The molecule has 0 fully saturated rings. The van der Waals surface area contributed by atoms with Crippen molar-refractivity contribution in [3.05, 3.63) is 82.9 Å². The Kier molecular flexibility index (Phi) is 6.22.